The topological polar surface area (TPSA) is 64.6 Å². The number of carbonyl (C=O) groups is 2. The van der Waals surface area contributed by atoms with Crippen LogP contribution >= 0.6 is 11.3 Å². The second kappa shape index (κ2) is 9.13. The van der Waals surface area contributed by atoms with Gasteiger partial charge in [0.05, 0.1) is 0 Å². The third kappa shape index (κ3) is 5.70. The first-order valence-corrected chi connectivity index (χ1v) is 10.5. The molecule has 0 spiro atoms. The zero-order valence-electron chi connectivity index (χ0n) is 17.5. The number of anilines is 1. The van der Waals surface area contributed by atoms with Crippen molar-refractivity contribution in [3.8, 4) is 11.1 Å². The van der Waals surface area contributed by atoms with Crippen molar-refractivity contribution < 1.29 is 19.1 Å². The van der Waals surface area contributed by atoms with Gasteiger partial charge in [-0.3, -0.25) is 5.32 Å². The Morgan fingerprint density at radius 1 is 1.00 bits per heavy atom. The van der Waals surface area contributed by atoms with Gasteiger partial charge in [-0.15, -0.1) is 11.3 Å². The maximum Gasteiger partial charge on any atom is 0.412 e. The monoisotopic (exact) mass is 423 g/mol. The van der Waals surface area contributed by atoms with Gasteiger partial charge in [0.25, 0.3) is 0 Å². The number of rotatable bonds is 5. The summed E-state index contributed by atoms with van der Waals surface area (Å²) >= 11 is 1.27. The molecule has 1 N–H and O–H groups in total. The van der Waals surface area contributed by atoms with Crippen LogP contribution in [-0.4, -0.2) is 17.7 Å². The van der Waals surface area contributed by atoms with Gasteiger partial charge in [-0.2, -0.15) is 0 Å². The lowest BCUT2D eigenvalue weighted by atomic mass is 10.0. The minimum Gasteiger partial charge on any atom is -0.457 e. The number of nitrogens with one attached hydrogen (secondary N) is 1. The normalized spacial score (nSPS) is 11.1. The van der Waals surface area contributed by atoms with Crippen LogP contribution in [0.4, 0.5) is 9.80 Å². The Kier molecular flexibility index (Phi) is 6.57. The van der Waals surface area contributed by atoms with Crippen molar-refractivity contribution in [3.63, 3.8) is 0 Å². The van der Waals surface area contributed by atoms with Crippen LogP contribution in [0.3, 0.4) is 0 Å². The smallest absolute Gasteiger partial charge is 0.412 e. The van der Waals surface area contributed by atoms with Gasteiger partial charge in [-0.1, -0.05) is 60.2 Å². The van der Waals surface area contributed by atoms with Crippen molar-refractivity contribution in [1.29, 1.82) is 0 Å². The third-order valence-electron chi connectivity index (χ3n) is 4.18. The van der Waals surface area contributed by atoms with Crippen LogP contribution in [0.15, 0.2) is 60.0 Å². The van der Waals surface area contributed by atoms with E-state index in [1.807, 2.05) is 66.9 Å². The van der Waals surface area contributed by atoms with E-state index in [1.54, 1.807) is 20.8 Å². The molecule has 0 bridgehead atoms. The maximum absolute atomic E-state index is 13.0. The number of ether oxygens (including phenoxy) is 2. The van der Waals surface area contributed by atoms with Gasteiger partial charge >= 0.3 is 12.1 Å². The molecule has 1 amide bonds. The van der Waals surface area contributed by atoms with E-state index in [9.17, 15) is 9.59 Å². The van der Waals surface area contributed by atoms with Crippen molar-refractivity contribution >= 4 is 28.4 Å². The van der Waals surface area contributed by atoms with E-state index in [0.717, 1.165) is 16.7 Å². The van der Waals surface area contributed by atoms with Gasteiger partial charge in [0.2, 0.25) is 0 Å². The second-order valence-corrected chi connectivity index (χ2v) is 8.79. The fourth-order valence-corrected chi connectivity index (χ4v) is 3.73. The van der Waals surface area contributed by atoms with Gasteiger partial charge in [-0.05, 0) is 38.8 Å². The van der Waals surface area contributed by atoms with Crippen molar-refractivity contribution in [2.24, 2.45) is 0 Å². The summed E-state index contributed by atoms with van der Waals surface area (Å²) in [6, 6.07) is 17.3. The van der Waals surface area contributed by atoms with E-state index < -0.39 is 17.7 Å². The average Bonchev–Trinajstić information content (AvgIpc) is 3.09. The first kappa shape index (κ1) is 21.6. The van der Waals surface area contributed by atoms with Crippen LogP contribution in [0.2, 0.25) is 0 Å². The van der Waals surface area contributed by atoms with E-state index in [1.165, 1.54) is 11.3 Å². The van der Waals surface area contributed by atoms with E-state index >= 15 is 0 Å². The summed E-state index contributed by atoms with van der Waals surface area (Å²) in [4.78, 5) is 25.3. The number of carbonyl (C=O) groups excluding carboxylic acids is 2. The third-order valence-corrected chi connectivity index (χ3v) is 5.08. The SMILES string of the molecule is Cc1ccc(-c2csc(NC(=O)OC(C)(C)C)c2C(=O)OCc2ccccc2)cc1. The number of esters is 1. The predicted molar refractivity (Wildman–Crippen MR) is 120 cm³/mol. The lowest BCUT2D eigenvalue weighted by Gasteiger charge is -2.19. The zero-order chi connectivity index (χ0) is 21.7. The molecule has 0 fully saturated rings. The summed E-state index contributed by atoms with van der Waals surface area (Å²) in [5.74, 6) is -0.498. The largest absolute Gasteiger partial charge is 0.457 e. The number of aryl methyl sites for hydroxylation is 1. The molecule has 0 saturated heterocycles. The van der Waals surface area contributed by atoms with E-state index in [4.69, 9.17) is 9.47 Å². The summed E-state index contributed by atoms with van der Waals surface area (Å²) in [6.07, 6.45) is -0.614. The Hall–Kier alpha value is -3.12. The first-order chi connectivity index (χ1) is 14.2. The van der Waals surface area contributed by atoms with Crippen LogP contribution in [0, 0.1) is 6.92 Å². The van der Waals surface area contributed by atoms with Gasteiger partial charge in [-0.25, -0.2) is 9.59 Å². The Morgan fingerprint density at radius 2 is 1.67 bits per heavy atom. The lowest BCUT2D eigenvalue weighted by molar-refractivity contribution is 0.0475. The van der Waals surface area contributed by atoms with Crippen LogP contribution in [0.25, 0.3) is 11.1 Å². The molecule has 0 radical (unpaired) electrons. The molecule has 2 aromatic carbocycles. The number of benzene rings is 2. The highest BCUT2D eigenvalue weighted by Crippen LogP contribution is 2.36. The fraction of sp³-hybridized carbons (Fsp3) is 0.250. The highest BCUT2D eigenvalue weighted by Gasteiger charge is 2.25. The lowest BCUT2D eigenvalue weighted by Crippen LogP contribution is -2.27. The van der Waals surface area contributed by atoms with Gasteiger partial charge in [0.15, 0.2) is 0 Å². The minimum absolute atomic E-state index is 0.148. The molecule has 0 aliphatic heterocycles. The number of hydrogen-bond acceptors (Lipinski definition) is 5. The minimum atomic E-state index is -0.644. The molecule has 0 aliphatic carbocycles. The predicted octanol–water partition coefficient (Wildman–Crippen LogP) is 6.43. The summed E-state index contributed by atoms with van der Waals surface area (Å²) in [6.45, 7) is 7.51. The zero-order valence-corrected chi connectivity index (χ0v) is 18.3. The van der Waals surface area contributed by atoms with Gasteiger partial charge < -0.3 is 9.47 Å². The van der Waals surface area contributed by atoms with Crippen molar-refractivity contribution in [2.75, 3.05) is 5.32 Å². The Morgan fingerprint density at radius 3 is 2.30 bits per heavy atom. The molecule has 1 heterocycles. The van der Waals surface area contributed by atoms with Crippen molar-refractivity contribution in [2.45, 2.75) is 39.9 Å². The van der Waals surface area contributed by atoms with Crippen LogP contribution in [0.1, 0.15) is 42.3 Å². The van der Waals surface area contributed by atoms with Gasteiger partial charge in [0.1, 0.15) is 22.8 Å². The van der Waals surface area contributed by atoms with E-state index in [2.05, 4.69) is 5.32 Å². The Labute approximate surface area is 180 Å². The Balaban J connectivity index is 1.89. The highest BCUT2D eigenvalue weighted by molar-refractivity contribution is 7.15. The molecular formula is C24H25NO4S. The average molecular weight is 424 g/mol. The molecule has 5 nitrogen and oxygen atoms in total. The quantitative estimate of drug-likeness (QED) is 0.480. The van der Waals surface area contributed by atoms with E-state index in [0.29, 0.717) is 16.1 Å². The molecule has 30 heavy (non-hydrogen) atoms. The first-order valence-electron chi connectivity index (χ1n) is 9.62. The highest BCUT2D eigenvalue weighted by atomic mass is 32.1. The molecule has 0 saturated carbocycles. The van der Waals surface area contributed by atoms with Gasteiger partial charge in [0, 0.05) is 10.9 Å². The summed E-state index contributed by atoms with van der Waals surface area (Å²) in [5.41, 5.74) is 3.28. The van der Waals surface area contributed by atoms with Crippen LogP contribution in [-0.2, 0) is 16.1 Å². The molecule has 0 atom stereocenters. The summed E-state index contributed by atoms with van der Waals surface area (Å²) < 4.78 is 10.9. The molecule has 6 heteroatoms. The standard InChI is InChI=1S/C24H25NO4S/c1-16-10-12-18(13-11-16)19-15-30-21(25-23(27)29-24(2,3)4)20(19)22(26)28-14-17-8-6-5-7-9-17/h5-13,15H,14H2,1-4H3,(H,25,27). The summed E-state index contributed by atoms with van der Waals surface area (Å²) in [5, 5.41) is 4.95. The van der Waals surface area contributed by atoms with Crippen LogP contribution < -0.4 is 5.32 Å². The molecule has 3 rings (SSSR count). The number of thiophene rings is 1. The van der Waals surface area contributed by atoms with E-state index in [-0.39, 0.29) is 6.61 Å². The fourth-order valence-electron chi connectivity index (χ4n) is 2.79. The molecule has 156 valence electrons. The molecule has 1 aromatic heterocycles. The Bertz CT molecular complexity index is 1020. The molecular weight excluding hydrogens is 398 g/mol. The maximum atomic E-state index is 13.0. The van der Waals surface area contributed by atoms with Crippen LogP contribution in [0.5, 0.6) is 0 Å². The number of amides is 1. The second-order valence-electron chi connectivity index (χ2n) is 7.91. The number of hydrogen-bond donors (Lipinski definition) is 1. The molecule has 0 aliphatic rings. The summed E-state index contributed by atoms with van der Waals surface area (Å²) in [7, 11) is 0. The van der Waals surface area contributed by atoms with Crippen molar-refractivity contribution in [3.05, 3.63) is 76.7 Å². The molecule has 3 aromatic rings. The van der Waals surface area contributed by atoms with Crippen molar-refractivity contribution in [1.82, 2.24) is 0 Å². The molecule has 0 unspecified atom stereocenters.